The second-order valence-corrected chi connectivity index (χ2v) is 25.5. The van der Waals surface area contributed by atoms with Crippen molar-refractivity contribution < 1.29 is 61.2 Å². The molecule has 8 unspecified atom stereocenters. The van der Waals surface area contributed by atoms with Crippen molar-refractivity contribution in [3.05, 3.63) is 71.8 Å². The van der Waals surface area contributed by atoms with Crippen LogP contribution >= 0.6 is 155 Å². The van der Waals surface area contributed by atoms with Crippen LogP contribution in [0.3, 0.4) is 0 Å². The van der Waals surface area contributed by atoms with Crippen molar-refractivity contribution in [3.63, 3.8) is 0 Å². The fourth-order valence-corrected chi connectivity index (χ4v) is 10.6. The van der Waals surface area contributed by atoms with Crippen LogP contribution in [-0.2, 0) is 64.2 Å². The predicted octanol–water partition coefficient (Wildman–Crippen LogP) is 10.1. The van der Waals surface area contributed by atoms with E-state index in [1.807, 2.05) is 0 Å². The first-order valence-corrected chi connectivity index (χ1v) is 23.0. The zero-order valence-corrected chi connectivity index (χ0v) is 38.6. The summed E-state index contributed by atoms with van der Waals surface area (Å²) >= 11 is 71.1. The average molecular weight is 1070 g/mol. The van der Waals surface area contributed by atoms with E-state index in [9.17, 15) is 19.6 Å². The van der Waals surface area contributed by atoms with E-state index in [0.717, 1.165) is 0 Å². The predicted molar refractivity (Wildman–Crippen MR) is 216 cm³/mol. The van der Waals surface area contributed by atoms with Crippen LogP contribution in [0, 0.1) is 5.92 Å². The van der Waals surface area contributed by atoms with Gasteiger partial charge in [0.05, 0.1) is 25.7 Å². The highest BCUT2D eigenvalue weighted by Gasteiger charge is 2.99. The van der Waals surface area contributed by atoms with Crippen LogP contribution in [0.2, 0.25) is 0 Å². The Labute approximate surface area is 381 Å². The van der Waals surface area contributed by atoms with Crippen LogP contribution in [0.1, 0.15) is 11.1 Å². The molecule has 316 valence electrons. The largest absolute Gasteiger partial charge is 0.498 e. The van der Waals surface area contributed by atoms with E-state index in [1.165, 1.54) is 0 Å². The summed E-state index contributed by atoms with van der Waals surface area (Å²) in [4.78, 5) is 18.5. The zero-order chi connectivity index (χ0) is 41.8. The third-order valence-corrected chi connectivity index (χ3v) is 12.9. The van der Waals surface area contributed by atoms with Crippen molar-refractivity contribution in [1.29, 1.82) is 0 Å². The van der Waals surface area contributed by atoms with Crippen molar-refractivity contribution in [2.75, 3.05) is 26.4 Å². The molecule has 2 fully saturated rings. The van der Waals surface area contributed by atoms with E-state index < -0.39 is 106 Å². The number of phosphoric acid groups is 1. The van der Waals surface area contributed by atoms with Gasteiger partial charge >= 0.3 is 27.1 Å². The number of carbonyl (C=O) groups excluding carboxylic acids is 1. The number of hydrogen-bond acceptors (Lipinski definition) is 13. The third-order valence-electron chi connectivity index (χ3n) is 7.49. The van der Waals surface area contributed by atoms with Gasteiger partial charge in [0.15, 0.2) is 12.2 Å². The molecule has 1 saturated heterocycles. The number of carbonyl (C=O) groups is 1. The maximum atomic E-state index is 14.7. The quantitative estimate of drug-likeness (QED) is 0.0385. The van der Waals surface area contributed by atoms with Crippen LogP contribution in [0.25, 0.3) is 0 Å². The van der Waals surface area contributed by atoms with Gasteiger partial charge in [-0.3, -0.25) is 13.6 Å². The first kappa shape index (κ1) is 50.3. The summed E-state index contributed by atoms with van der Waals surface area (Å²) in [5.41, 5.74) is 1.06. The first-order valence-electron chi connectivity index (χ1n) is 15.4. The van der Waals surface area contributed by atoms with Crippen LogP contribution in [0.4, 0.5) is 0 Å². The number of alkyl halides is 12. The summed E-state index contributed by atoms with van der Waals surface area (Å²) in [7, 11) is -9.47. The Bertz CT molecular complexity index is 1640. The normalized spacial score (nSPS) is 28.2. The lowest BCUT2D eigenvalue weighted by molar-refractivity contribution is -0.226. The number of benzene rings is 2. The minimum atomic E-state index is -5.10. The highest BCUT2D eigenvalue weighted by Crippen LogP contribution is 2.93. The lowest BCUT2D eigenvalue weighted by atomic mass is 9.78. The van der Waals surface area contributed by atoms with Crippen LogP contribution in [0.5, 0.6) is 0 Å². The molecule has 1 spiro atoms. The highest BCUT2D eigenvalue weighted by molar-refractivity contribution is 7.69. The van der Waals surface area contributed by atoms with Gasteiger partial charge in [-0.1, -0.05) is 200 Å². The molecule has 27 heteroatoms. The topological polar surface area (TPSA) is 161 Å². The maximum absolute atomic E-state index is 14.7. The molecule has 1 saturated carbocycles. The van der Waals surface area contributed by atoms with E-state index in [2.05, 4.69) is 0 Å². The molecular formula is C29H29Cl12O13P2+. The molecule has 8 atom stereocenters. The van der Waals surface area contributed by atoms with E-state index in [0.29, 0.717) is 11.1 Å². The van der Waals surface area contributed by atoms with Gasteiger partial charge in [-0.05, 0) is 15.8 Å². The van der Waals surface area contributed by atoms with Crippen molar-refractivity contribution in [2.24, 2.45) is 5.92 Å². The Hall–Kier alpha value is 1.65. The molecule has 2 N–H and O–H groups in total. The van der Waals surface area contributed by atoms with Gasteiger partial charge in [0.25, 0.3) is 3.79 Å². The van der Waals surface area contributed by atoms with Crippen molar-refractivity contribution in [2.45, 2.75) is 58.1 Å². The van der Waals surface area contributed by atoms with E-state index >= 15 is 0 Å². The molecule has 1 aliphatic carbocycles. The fraction of sp³-hybridized carbons (Fsp3) is 0.552. The van der Waals surface area contributed by atoms with E-state index in [-0.39, 0.29) is 6.61 Å². The van der Waals surface area contributed by atoms with Gasteiger partial charge in [0.2, 0.25) is 11.4 Å². The van der Waals surface area contributed by atoms with Gasteiger partial charge in [-0.2, -0.15) is 9.41 Å². The Morgan fingerprint density at radius 3 is 1.82 bits per heavy atom. The molecule has 0 aromatic heterocycles. The SMILES string of the molecule is O=C(OC1C(O)C(O)C2(O[P+]2(OCC(Cl)(Cl)Cl)OOCc2ccccc2)C(OP(=O)(OCc2ccccc2)OCC(Cl)(Cl)Cl)C1COCC(Cl)(Cl)Cl)C(Cl)(Cl)Cl. The summed E-state index contributed by atoms with van der Waals surface area (Å²) in [5.74, 6) is -3.22. The fourth-order valence-electron chi connectivity index (χ4n) is 5.15. The number of aliphatic hydroxyl groups is 2. The molecular weight excluding hydrogens is 1040 g/mol. The molecule has 1 aliphatic heterocycles. The minimum Gasteiger partial charge on any atom is -0.456 e. The molecule has 4 rings (SSSR count). The monoisotopic (exact) mass is 1070 g/mol. The van der Waals surface area contributed by atoms with Gasteiger partial charge in [0, 0.05) is 0 Å². The minimum absolute atomic E-state index is 0.242. The molecule has 1 heterocycles. The number of esters is 1. The number of aliphatic hydroxyl groups excluding tert-OH is 2. The first-order chi connectivity index (χ1) is 25.8. The van der Waals surface area contributed by atoms with Crippen molar-refractivity contribution in [3.8, 4) is 0 Å². The summed E-state index contributed by atoms with van der Waals surface area (Å²) < 4.78 is 51.7. The molecule has 2 aromatic carbocycles. The second-order valence-electron chi connectivity index (χ2n) is 11.8. The highest BCUT2D eigenvalue weighted by atomic mass is 35.6. The second kappa shape index (κ2) is 20.4. The van der Waals surface area contributed by atoms with Gasteiger partial charge < -0.3 is 19.7 Å². The molecule has 0 amide bonds. The van der Waals surface area contributed by atoms with Crippen molar-refractivity contribution >= 4 is 161 Å². The zero-order valence-electron chi connectivity index (χ0n) is 27.7. The standard InChI is InChI=1S/C29H29Cl12O13P2/c30-25(31,32)14-46-13-19-21(51-24(44)29(39,40)41)20(42)22(43)28(53-55(28,49-15-26(33,34)35)54-47-11-17-7-3-1-4-8-17)23(19)52-56(45,50-16-27(36,37)38)48-12-18-9-5-2-6-10-18/h1-10,19-23,42-43H,11-16H2/q+1. The molecule has 56 heavy (non-hydrogen) atoms. The van der Waals surface area contributed by atoms with Crippen LogP contribution in [0.15, 0.2) is 60.7 Å². The van der Waals surface area contributed by atoms with E-state index in [1.54, 1.807) is 60.7 Å². The summed E-state index contributed by atoms with van der Waals surface area (Å²) in [6, 6.07) is 16.8. The molecule has 2 aliphatic rings. The summed E-state index contributed by atoms with van der Waals surface area (Å²) in [6.45, 7) is -3.74. The van der Waals surface area contributed by atoms with Crippen molar-refractivity contribution in [1.82, 2.24) is 0 Å². The average Bonchev–Trinajstić information content (AvgIpc) is 3.76. The van der Waals surface area contributed by atoms with Gasteiger partial charge in [-0.25, -0.2) is 9.36 Å². The smallest absolute Gasteiger partial charge is 0.456 e. The molecule has 0 radical (unpaired) electrons. The number of ether oxygens (including phenoxy) is 2. The third kappa shape index (κ3) is 14.3. The van der Waals surface area contributed by atoms with Gasteiger partial charge in [-0.15, -0.1) is 4.52 Å². The molecule has 0 bridgehead atoms. The number of halogens is 12. The Balaban J connectivity index is 1.87. The van der Waals surface area contributed by atoms with Gasteiger partial charge in [0.1, 0.15) is 32.0 Å². The number of hydrogen-bond donors (Lipinski definition) is 2. The Morgan fingerprint density at radius 2 is 1.30 bits per heavy atom. The Morgan fingerprint density at radius 1 is 0.768 bits per heavy atom. The number of rotatable bonds is 17. The number of phosphoric ester groups is 1. The Kier molecular flexibility index (Phi) is 18.4. The van der Waals surface area contributed by atoms with Crippen LogP contribution < -0.4 is 0 Å². The maximum Gasteiger partial charge on any atom is 0.498 e. The molecule has 13 nitrogen and oxygen atoms in total. The van der Waals surface area contributed by atoms with E-state index in [4.69, 9.17) is 181 Å². The molecule has 2 aromatic rings. The van der Waals surface area contributed by atoms with Crippen LogP contribution in [-0.4, -0.2) is 87.5 Å². The summed E-state index contributed by atoms with van der Waals surface area (Å²) in [6.07, 6.45) is -8.51. The lowest BCUT2D eigenvalue weighted by Crippen LogP contribution is -2.65. The summed E-state index contributed by atoms with van der Waals surface area (Å²) in [5, 5.41) is 21.1. The lowest BCUT2D eigenvalue weighted by Gasteiger charge is -2.43.